The minimum Gasteiger partial charge on any atom is -0.452 e. The molecule has 18 heavy (non-hydrogen) atoms. The van der Waals surface area contributed by atoms with Crippen LogP contribution in [0.3, 0.4) is 0 Å². The van der Waals surface area contributed by atoms with Crippen molar-refractivity contribution in [2.24, 2.45) is 0 Å². The molecule has 0 aromatic rings. The molecule has 1 N–H and O–H groups in total. The zero-order chi connectivity index (χ0) is 13.4. The van der Waals surface area contributed by atoms with Crippen LogP contribution >= 0.6 is 0 Å². The van der Waals surface area contributed by atoms with Crippen LogP contribution in [0.25, 0.3) is 0 Å². The van der Waals surface area contributed by atoms with Gasteiger partial charge in [-0.2, -0.15) is 8.78 Å². The van der Waals surface area contributed by atoms with E-state index < -0.39 is 29.9 Å². The monoisotopic (exact) mass is 266 g/mol. The number of hydrogen-bond donors (Lipinski definition) is 1. The molecule has 0 aromatic carbocycles. The summed E-state index contributed by atoms with van der Waals surface area (Å²) in [7, 11) is 0. The minimum absolute atomic E-state index is 0.174. The molecule has 104 valence electrons. The molecule has 5 nitrogen and oxygen atoms in total. The maximum atomic E-state index is 12.8. The summed E-state index contributed by atoms with van der Waals surface area (Å²) in [4.78, 5) is 11.2. The van der Waals surface area contributed by atoms with E-state index in [1.807, 2.05) is 0 Å². The van der Waals surface area contributed by atoms with Gasteiger partial charge < -0.3 is 19.3 Å². The lowest BCUT2D eigenvalue weighted by Gasteiger charge is -2.30. The van der Waals surface area contributed by atoms with Crippen LogP contribution in [-0.2, 0) is 19.0 Å². The second-order valence-corrected chi connectivity index (χ2v) is 4.72. The van der Waals surface area contributed by atoms with Crippen molar-refractivity contribution >= 4 is 5.97 Å². The summed E-state index contributed by atoms with van der Waals surface area (Å²) in [5.41, 5.74) is 0. The van der Waals surface area contributed by atoms with Crippen LogP contribution in [-0.4, -0.2) is 48.2 Å². The molecule has 1 spiro atoms. The number of ether oxygens (including phenoxy) is 3. The van der Waals surface area contributed by atoms with Crippen LogP contribution in [0.15, 0.2) is 0 Å². The Labute approximate surface area is 103 Å². The third-order valence-corrected chi connectivity index (χ3v) is 3.17. The summed E-state index contributed by atoms with van der Waals surface area (Å²) in [6.07, 6.45) is 0.209. The Balaban J connectivity index is 2.03. The fourth-order valence-corrected chi connectivity index (χ4v) is 2.27. The average molecular weight is 266 g/mol. The van der Waals surface area contributed by atoms with Gasteiger partial charge in [0.15, 0.2) is 6.10 Å². The molecule has 3 unspecified atom stereocenters. The van der Waals surface area contributed by atoms with E-state index in [1.54, 1.807) is 0 Å². The van der Waals surface area contributed by atoms with Gasteiger partial charge in [0.05, 0.1) is 13.2 Å². The molecular formula is C11H16F2O5. The Morgan fingerprint density at radius 2 is 2.33 bits per heavy atom. The number of alkyl halides is 2. The molecule has 1 heterocycles. The standard InChI is InChI=1S/C11H16F2O5/c1-10(12,13)9(15)17-8-3-2-4-11(8)16-6-7(5-14)18-11/h7-8,14H,2-6H2,1H3. The fraction of sp³-hybridized carbons (Fsp3) is 0.909. The lowest BCUT2D eigenvalue weighted by atomic mass is 10.2. The molecule has 0 bridgehead atoms. The highest BCUT2D eigenvalue weighted by molar-refractivity contribution is 5.77. The second-order valence-electron chi connectivity index (χ2n) is 4.72. The van der Waals surface area contributed by atoms with Crippen LogP contribution in [0.5, 0.6) is 0 Å². The van der Waals surface area contributed by atoms with Crippen molar-refractivity contribution < 1.29 is 32.9 Å². The summed E-state index contributed by atoms with van der Waals surface area (Å²) in [5.74, 6) is -6.26. The second kappa shape index (κ2) is 4.71. The van der Waals surface area contributed by atoms with E-state index in [0.29, 0.717) is 26.2 Å². The van der Waals surface area contributed by atoms with Crippen LogP contribution in [0, 0.1) is 0 Å². The van der Waals surface area contributed by atoms with E-state index in [-0.39, 0.29) is 13.2 Å². The molecule has 2 rings (SSSR count). The lowest BCUT2D eigenvalue weighted by molar-refractivity contribution is -0.235. The summed E-state index contributed by atoms with van der Waals surface area (Å²) in [5, 5.41) is 8.97. The summed E-state index contributed by atoms with van der Waals surface area (Å²) >= 11 is 0. The van der Waals surface area contributed by atoms with Gasteiger partial charge in [0.2, 0.25) is 5.79 Å². The zero-order valence-electron chi connectivity index (χ0n) is 10.0. The molecule has 1 saturated carbocycles. The maximum Gasteiger partial charge on any atom is 0.377 e. The van der Waals surface area contributed by atoms with E-state index in [0.717, 1.165) is 0 Å². The minimum atomic E-state index is -3.53. The Morgan fingerprint density at radius 3 is 2.89 bits per heavy atom. The first kappa shape index (κ1) is 13.6. The Morgan fingerprint density at radius 1 is 1.61 bits per heavy atom. The maximum absolute atomic E-state index is 12.8. The average Bonchev–Trinajstić information content (AvgIpc) is 2.87. The number of rotatable bonds is 3. The van der Waals surface area contributed by atoms with E-state index in [1.165, 1.54) is 0 Å². The van der Waals surface area contributed by atoms with Gasteiger partial charge in [0, 0.05) is 13.3 Å². The quantitative estimate of drug-likeness (QED) is 0.767. The van der Waals surface area contributed by atoms with Gasteiger partial charge in [-0.15, -0.1) is 0 Å². The van der Waals surface area contributed by atoms with Gasteiger partial charge in [-0.25, -0.2) is 4.79 Å². The van der Waals surface area contributed by atoms with E-state index in [9.17, 15) is 13.6 Å². The third kappa shape index (κ3) is 2.48. The van der Waals surface area contributed by atoms with Crippen molar-refractivity contribution in [1.29, 1.82) is 0 Å². The first-order valence-electron chi connectivity index (χ1n) is 5.89. The molecule has 2 fully saturated rings. The zero-order valence-corrected chi connectivity index (χ0v) is 10.0. The van der Waals surface area contributed by atoms with Gasteiger partial charge >= 0.3 is 11.9 Å². The molecule has 1 saturated heterocycles. The first-order valence-corrected chi connectivity index (χ1v) is 5.89. The summed E-state index contributed by atoms with van der Waals surface area (Å²) in [6.45, 7) is 0.448. The smallest absolute Gasteiger partial charge is 0.377 e. The van der Waals surface area contributed by atoms with Gasteiger partial charge in [-0.1, -0.05) is 0 Å². The highest BCUT2D eigenvalue weighted by atomic mass is 19.3. The number of esters is 1. The summed E-state index contributed by atoms with van der Waals surface area (Å²) in [6, 6.07) is 0. The molecule has 0 radical (unpaired) electrons. The molecule has 0 amide bonds. The predicted octanol–water partition coefficient (Wildman–Crippen LogP) is 0.841. The molecule has 3 atom stereocenters. The Bertz CT molecular complexity index is 330. The van der Waals surface area contributed by atoms with Crippen molar-refractivity contribution in [3.63, 3.8) is 0 Å². The number of aliphatic hydroxyl groups is 1. The fourth-order valence-electron chi connectivity index (χ4n) is 2.27. The van der Waals surface area contributed by atoms with Gasteiger partial charge in [0.25, 0.3) is 0 Å². The van der Waals surface area contributed by atoms with E-state index in [4.69, 9.17) is 19.3 Å². The number of carbonyl (C=O) groups excluding carboxylic acids is 1. The van der Waals surface area contributed by atoms with Crippen LogP contribution in [0.1, 0.15) is 26.2 Å². The van der Waals surface area contributed by atoms with Gasteiger partial charge in [-0.05, 0) is 12.8 Å². The third-order valence-electron chi connectivity index (χ3n) is 3.17. The van der Waals surface area contributed by atoms with E-state index in [2.05, 4.69) is 0 Å². The number of aliphatic hydroxyl groups excluding tert-OH is 1. The number of carbonyl (C=O) groups is 1. The number of hydrogen-bond acceptors (Lipinski definition) is 5. The Kier molecular flexibility index (Phi) is 3.57. The van der Waals surface area contributed by atoms with Gasteiger partial charge in [-0.3, -0.25) is 0 Å². The van der Waals surface area contributed by atoms with Crippen molar-refractivity contribution in [3.8, 4) is 0 Å². The normalized spacial score (nSPS) is 36.2. The molecule has 1 aliphatic carbocycles. The predicted molar refractivity (Wildman–Crippen MR) is 55.0 cm³/mol. The molecular weight excluding hydrogens is 250 g/mol. The van der Waals surface area contributed by atoms with Crippen LogP contribution in [0.4, 0.5) is 8.78 Å². The van der Waals surface area contributed by atoms with E-state index >= 15 is 0 Å². The highest BCUT2D eigenvalue weighted by Crippen LogP contribution is 2.41. The molecule has 2 aliphatic rings. The largest absolute Gasteiger partial charge is 0.452 e. The van der Waals surface area contributed by atoms with Crippen molar-refractivity contribution in [2.75, 3.05) is 13.2 Å². The molecule has 7 heteroatoms. The topological polar surface area (TPSA) is 65.0 Å². The van der Waals surface area contributed by atoms with Crippen LogP contribution in [0.2, 0.25) is 0 Å². The van der Waals surface area contributed by atoms with Gasteiger partial charge in [0.1, 0.15) is 6.10 Å². The first-order chi connectivity index (χ1) is 8.37. The SMILES string of the molecule is CC(F)(F)C(=O)OC1CCCC12OCC(CO)O2. The molecule has 1 aliphatic heterocycles. The summed E-state index contributed by atoms with van der Waals surface area (Å²) < 4.78 is 41.3. The Hall–Kier alpha value is -0.790. The van der Waals surface area contributed by atoms with Crippen molar-refractivity contribution in [3.05, 3.63) is 0 Å². The van der Waals surface area contributed by atoms with Crippen molar-refractivity contribution in [2.45, 2.75) is 50.1 Å². The van der Waals surface area contributed by atoms with Crippen molar-refractivity contribution in [1.82, 2.24) is 0 Å². The number of halogens is 2. The molecule has 0 aromatic heterocycles. The highest BCUT2D eigenvalue weighted by Gasteiger charge is 2.54. The van der Waals surface area contributed by atoms with Crippen LogP contribution < -0.4 is 0 Å². The lowest BCUT2D eigenvalue weighted by Crippen LogP contribution is -2.44.